The Morgan fingerprint density at radius 3 is 2.84 bits per heavy atom. The Hall–Kier alpha value is -1.19. The smallest absolute Gasteiger partial charge is 0.0602 e. The van der Waals surface area contributed by atoms with E-state index in [-0.39, 0.29) is 0 Å². The molecule has 0 aliphatic rings. The van der Waals surface area contributed by atoms with Crippen LogP contribution in [0, 0.1) is 13.8 Å². The maximum atomic E-state index is 4.64. The highest BCUT2D eigenvalue weighted by molar-refractivity contribution is 7.07. The maximum absolute atomic E-state index is 4.64. The van der Waals surface area contributed by atoms with Gasteiger partial charge < -0.3 is 5.32 Å². The van der Waals surface area contributed by atoms with Crippen molar-refractivity contribution < 1.29 is 0 Å². The van der Waals surface area contributed by atoms with Crippen LogP contribution in [0.15, 0.2) is 29.1 Å². The molecule has 0 radical (unpaired) electrons. The standard InChI is InChI=1S/C16H22N2S/c1-4-17-15(6-5-14-7-8-19-11-14)16-13(3)9-12(2)10-18-16/h7-11,15,17H,4-6H2,1-3H3. The third kappa shape index (κ3) is 3.88. The molecule has 0 aliphatic heterocycles. The molecular formula is C16H22N2S. The van der Waals surface area contributed by atoms with Gasteiger partial charge in [-0.3, -0.25) is 4.98 Å². The molecule has 0 fully saturated rings. The molecule has 19 heavy (non-hydrogen) atoms. The van der Waals surface area contributed by atoms with Crippen molar-refractivity contribution in [3.05, 3.63) is 51.5 Å². The minimum atomic E-state index is 0.352. The molecule has 0 bridgehead atoms. The fraction of sp³-hybridized carbons (Fsp3) is 0.438. The van der Waals surface area contributed by atoms with Gasteiger partial charge in [-0.1, -0.05) is 13.0 Å². The van der Waals surface area contributed by atoms with E-state index < -0.39 is 0 Å². The van der Waals surface area contributed by atoms with E-state index in [1.54, 1.807) is 11.3 Å². The Balaban J connectivity index is 2.10. The van der Waals surface area contributed by atoms with Gasteiger partial charge in [-0.2, -0.15) is 11.3 Å². The molecular weight excluding hydrogens is 252 g/mol. The zero-order valence-corrected chi connectivity index (χ0v) is 12.8. The number of hydrogen-bond donors (Lipinski definition) is 1. The second-order valence-corrected chi connectivity index (χ2v) is 5.78. The van der Waals surface area contributed by atoms with Crippen LogP contribution >= 0.6 is 11.3 Å². The lowest BCUT2D eigenvalue weighted by atomic mass is 10.0. The normalized spacial score (nSPS) is 12.6. The van der Waals surface area contributed by atoms with E-state index in [2.05, 4.69) is 54.0 Å². The van der Waals surface area contributed by atoms with Gasteiger partial charge in [0.1, 0.15) is 0 Å². The first-order valence-corrected chi connectivity index (χ1v) is 7.82. The average molecular weight is 274 g/mol. The molecule has 0 aromatic carbocycles. The van der Waals surface area contributed by atoms with Gasteiger partial charge >= 0.3 is 0 Å². The topological polar surface area (TPSA) is 24.9 Å². The van der Waals surface area contributed by atoms with Crippen LogP contribution in [0.4, 0.5) is 0 Å². The molecule has 0 saturated heterocycles. The lowest BCUT2D eigenvalue weighted by molar-refractivity contribution is 0.501. The molecule has 2 rings (SSSR count). The summed E-state index contributed by atoms with van der Waals surface area (Å²) in [6.45, 7) is 7.38. The molecule has 3 heteroatoms. The zero-order valence-electron chi connectivity index (χ0n) is 11.9. The molecule has 1 atom stereocenters. The van der Waals surface area contributed by atoms with Crippen LogP contribution in [0.3, 0.4) is 0 Å². The van der Waals surface area contributed by atoms with E-state index in [9.17, 15) is 0 Å². The fourth-order valence-electron chi connectivity index (χ4n) is 2.42. The van der Waals surface area contributed by atoms with Gasteiger partial charge in [-0.15, -0.1) is 0 Å². The number of aromatic nitrogens is 1. The van der Waals surface area contributed by atoms with Crippen molar-refractivity contribution in [3.63, 3.8) is 0 Å². The second kappa shape index (κ2) is 6.83. The van der Waals surface area contributed by atoms with Crippen LogP contribution < -0.4 is 5.32 Å². The van der Waals surface area contributed by atoms with E-state index in [0.29, 0.717) is 6.04 Å². The minimum Gasteiger partial charge on any atom is -0.309 e. The van der Waals surface area contributed by atoms with Crippen LogP contribution in [0.5, 0.6) is 0 Å². The van der Waals surface area contributed by atoms with Gasteiger partial charge in [0.15, 0.2) is 0 Å². The van der Waals surface area contributed by atoms with Gasteiger partial charge in [0.05, 0.1) is 11.7 Å². The molecule has 0 saturated carbocycles. The number of aryl methyl sites for hydroxylation is 3. The summed E-state index contributed by atoms with van der Waals surface area (Å²) in [6, 6.07) is 4.78. The van der Waals surface area contributed by atoms with Gasteiger partial charge in [-0.25, -0.2) is 0 Å². The molecule has 1 N–H and O–H groups in total. The average Bonchev–Trinajstić information content (AvgIpc) is 2.88. The number of nitrogens with zero attached hydrogens (tertiary/aromatic N) is 1. The second-order valence-electron chi connectivity index (χ2n) is 5.00. The van der Waals surface area contributed by atoms with Crippen molar-refractivity contribution in [1.29, 1.82) is 0 Å². The number of hydrogen-bond acceptors (Lipinski definition) is 3. The van der Waals surface area contributed by atoms with Crippen molar-refractivity contribution in [2.75, 3.05) is 6.54 Å². The maximum Gasteiger partial charge on any atom is 0.0602 e. The summed E-state index contributed by atoms with van der Waals surface area (Å²) in [5.74, 6) is 0. The molecule has 2 heterocycles. The third-order valence-electron chi connectivity index (χ3n) is 3.34. The summed E-state index contributed by atoms with van der Waals surface area (Å²) in [5, 5.41) is 7.94. The molecule has 2 aromatic rings. The first kappa shape index (κ1) is 14.2. The highest BCUT2D eigenvalue weighted by Crippen LogP contribution is 2.22. The summed E-state index contributed by atoms with van der Waals surface area (Å²) in [4.78, 5) is 4.64. The predicted octanol–water partition coefficient (Wildman–Crippen LogP) is 4.04. The van der Waals surface area contributed by atoms with E-state index in [4.69, 9.17) is 0 Å². The number of rotatable bonds is 6. The fourth-order valence-corrected chi connectivity index (χ4v) is 3.12. The van der Waals surface area contributed by atoms with E-state index >= 15 is 0 Å². The minimum absolute atomic E-state index is 0.352. The predicted molar refractivity (Wildman–Crippen MR) is 82.8 cm³/mol. The van der Waals surface area contributed by atoms with Gasteiger partial charge in [0, 0.05) is 6.20 Å². The Kier molecular flexibility index (Phi) is 5.11. The van der Waals surface area contributed by atoms with Crippen LogP contribution in [0.1, 0.15) is 41.8 Å². The SMILES string of the molecule is CCNC(CCc1ccsc1)c1ncc(C)cc1C. The van der Waals surface area contributed by atoms with E-state index in [1.165, 1.54) is 22.4 Å². The first-order valence-electron chi connectivity index (χ1n) is 6.88. The molecule has 0 spiro atoms. The van der Waals surface area contributed by atoms with Crippen LogP contribution in [-0.2, 0) is 6.42 Å². The summed E-state index contributed by atoms with van der Waals surface area (Å²) in [5.41, 5.74) is 5.14. The van der Waals surface area contributed by atoms with Crippen molar-refractivity contribution in [2.45, 2.75) is 39.7 Å². The largest absolute Gasteiger partial charge is 0.309 e. The quantitative estimate of drug-likeness (QED) is 0.860. The Labute approximate surface area is 119 Å². The van der Waals surface area contributed by atoms with E-state index in [1.807, 2.05) is 6.20 Å². The van der Waals surface area contributed by atoms with E-state index in [0.717, 1.165) is 19.4 Å². The van der Waals surface area contributed by atoms with Crippen molar-refractivity contribution in [2.24, 2.45) is 0 Å². The first-order chi connectivity index (χ1) is 9.20. The molecule has 2 aromatic heterocycles. The number of pyridine rings is 1. The molecule has 102 valence electrons. The Bertz CT molecular complexity index is 505. The zero-order chi connectivity index (χ0) is 13.7. The lowest BCUT2D eigenvalue weighted by Crippen LogP contribution is -2.23. The summed E-state index contributed by atoms with van der Waals surface area (Å²) in [6.07, 6.45) is 4.18. The highest BCUT2D eigenvalue weighted by atomic mass is 32.1. The van der Waals surface area contributed by atoms with Gasteiger partial charge in [0.2, 0.25) is 0 Å². The van der Waals surface area contributed by atoms with Crippen LogP contribution in [-0.4, -0.2) is 11.5 Å². The molecule has 0 aliphatic carbocycles. The van der Waals surface area contributed by atoms with Gasteiger partial charge in [0.25, 0.3) is 0 Å². The molecule has 2 nitrogen and oxygen atoms in total. The monoisotopic (exact) mass is 274 g/mol. The van der Waals surface area contributed by atoms with Gasteiger partial charge in [-0.05, 0) is 66.8 Å². The number of thiophene rings is 1. The Morgan fingerprint density at radius 2 is 2.21 bits per heavy atom. The Morgan fingerprint density at radius 1 is 1.37 bits per heavy atom. The van der Waals surface area contributed by atoms with Crippen molar-refractivity contribution in [3.8, 4) is 0 Å². The summed E-state index contributed by atoms with van der Waals surface area (Å²) >= 11 is 1.77. The number of nitrogens with one attached hydrogen (secondary N) is 1. The highest BCUT2D eigenvalue weighted by Gasteiger charge is 2.14. The third-order valence-corrected chi connectivity index (χ3v) is 4.07. The van der Waals surface area contributed by atoms with Crippen molar-refractivity contribution in [1.82, 2.24) is 10.3 Å². The summed E-state index contributed by atoms with van der Waals surface area (Å²) < 4.78 is 0. The van der Waals surface area contributed by atoms with Crippen LogP contribution in [0.25, 0.3) is 0 Å². The molecule has 1 unspecified atom stereocenters. The van der Waals surface area contributed by atoms with Crippen molar-refractivity contribution >= 4 is 11.3 Å². The van der Waals surface area contributed by atoms with Crippen LogP contribution in [0.2, 0.25) is 0 Å². The molecule has 0 amide bonds. The lowest BCUT2D eigenvalue weighted by Gasteiger charge is -2.19. The summed E-state index contributed by atoms with van der Waals surface area (Å²) in [7, 11) is 0.